The number of carbonyl (C=O) groups excluding carboxylic acids is 1. The van der Waals surface area contributed by atoms with Crippen LogP contribution in [0.3, 0.4) is 0 Å². The van der Waals surface area contributed by atoms with Gasteiger partial charge < -0.3 is 24.6 Å². The Hall–Kier alpha value is -5.37. The highest BCUT2D eigenvalue weighted by molar-refractivity contribution is 5.91. The minimum absolute atomic E-state index is 0.00473. The number of hydrogen-bond donors (Lipinski definition) is 1. The Morgan fingerprint density at radius 2 is 2.04 bits per heavy atom. The van der Waals surface area contributed by atoms with Crippen molar-refractivity contribution in [1.82, 2.24) is 39.3 Å². The average molecular weight is 637 g/mol. The molecule has 1 N–H and O–H groups in total. The van der Waals surface area contributed by atoms with Crippen LogP contribution in [0.5, 0.6) is 17.2 Å². The third-order valence-electron chi connectivity index (χ3n) is 9.09. The van der Waals surface area contributed by atoms with E-state index in [-0.39, 0.29) is 17.6 Å². The topological polar surface area (TPSA) is 126 Å². The molecule has 3 aliphatic rings. The number of benzene rings is 1. The first kappa shape index (κ1) is 29.1. The number of halogens is 1. The SMILES string of the molecule is Cc1cc(Nc2ncnc3cc4c(nc23)N2CCN(C(=O)/C=C/C3CCCN3C)C(CO4)C2)c(F)cc1Oc1ccn2ncnc2c1. The highest BCUT2D eigenvalue weighted by atomic mass is 19.1. The van der Waals surface area contributed by atoms with Crippen molar-refractivity contribution in [1.29, 1.82) is 0 Å². The van der Waals surface area contributed by atoms with Crippen molar-refractivity contribution < 1.29 is 18.7 Å². The van der Waals surface area contributed by atoms with Crippen LogP contribution < -0.4 is 19.7 Å². The fourth-order valence-corrected chi connectivity index (χ4v) is 6.50. The van der Waals surface area contributed by atoms with Gasteiger partial charge in [0.05, 0.1) is 17.2 Å². The maximum atomic E-state index is 15.5. The number of nitrogens with one attached hydrogen (secondary N) is 1. The molecule has 13 nitrogen and oxygen atoms in total. The Kier molecular flexibility index (Phi) is 7.28. The van der Waals surface area contributed by atoms with Gasteiger partial charge in [0, 0.05) is 56.1 Å². The molecule has 5 aromatic rings. The summed E-state index contributed by atoms with van der Waals surface area (Å²) < 4.78 is 29.3. The van der Waals surface area contributed by atoms with Crippen molar-refractivity contribution in [2.45, 2.75) is 31.8 Å². The number of piperazine rings is 1. The van der Waals surface area contributed by atoms with Crippen LogP contribution in [-0.4, -0.2) is 97.2 Å². The van der Waals surface area contributed by atoms with Crippen molar-refractivity contribution in [3.8, 4) is 17.2 Å². The number of ether oxygens (including phenoxy) is 2. The predicted molar refractivity (Wildman–Crippen MR) is 173 cm³/mol. The van der Waals surface area contributed by atoms with Crippen LogP contribution in [0.15, 0.2) is 61.3 Å². The van der Waals surface area contributed by atoms with Gasteiger partial charge in [0.25, 0.3) is 0 Å². The molecule has 3 aliphatic heterocycles. The molecule has 240 valence electrons. The number of likely N-dealkylation sites (N-methyl/N-ethyl adjacent to an activating group) is 1. The molecule has 7 heterocycles. The van der Waals surface area contributed by atoms with Crippen molar-refractivity contribution in [2.75, 3.05) is 50.1 Å². The number of aromatic nitrogens is 6. The fourth-order valence-electron chi connectivity index (χ4n) is 6.50. The molecule has 0 aliphatic carbocycles. The van der Waals surface area contributed by atoms with Crippen molar-refractivity contribution in [3.63, 3.8) is 0 Å². The first-order chi connectivity index (χ1) is 22.9. The lowest BCUT2D eigenvalue weighted by Gasteiger charge is -2.39. The molecule has 0 saturated carbocycles. The second-order valence-corrected chi connectivity index (χ2v) is 12.1. The minimum atomic E-state index is -0.517. The van der Waals surface area contributed by atoms with E-state index >= 15 is 4.39 Å². The minimum Gasteiger partial charge on any atom is -0.487 e. The Morgan fingerprint density at radius 1 is 1.13 bits per heavy atom. The van der Waals surface area contributed by atoms with Gasteiger partial charge in [-0.1, -0.05) is 6.08 Å². The molecule has 0 radical (unpaired) electrons. The van der Waals surface area contributed by atoms with Gasteiger partial charge in [0.1, 0.15) is 42.1 Å². The van der Waals surface area contributed by atoms with E-state index in [1.807, 2.05) is 24.0 Å². The van der Waals surface area contributed by atoms with Gasteiger partial charge in [-0.2, -0.15) is 5.10 Å². The number of aryl methyl sites for hydroxylation is 1. The van der Waals surface area contributed by atoms with Gasteiger partial charge in [-0.3, -0.25) is 9.69 Å². The summed E-state index contributed by atoms with van der Waals surface area (Å²) in [5.41, 5.74) is 2.59. The molecule has 2 unspecified atom stereocenters. The van der Waals surface area contributed by atoms with Crippen molar-refractivity contribution in [3.05, 3.63) is 72.7 Å². The molecule has 4 aromatic heterocycles. The predicted octanol–water partition coefficient (Wildman–Crippen LogP) is 4.11. The molecular weight excluding hydrogens is 603 g/mol. The van der Waals surface area contributed by atoms with E-state index in [9.17, 15) is 4.79 Å². The molecule has 2 atom stereocenters. The maximum Gasteiger partial charge on any atom is 0.246 e. The van der Waals surface area contributed by atoms with Gasteiger partial charge in [-0.25, -0.2) is 28.8 Å². The van der Waals surface area contributed by atoms with E-state index in [0.29, 0.717) is 83.4 Å². The summed E-state index contributed by atoms with van der Waals surface area (Å²) >= 11 is 0. The number of anilines is 3. The van der Waals surface area contributed by atoms with E-state index < -0.39 is 5.82 Å². The number of hydrogen-bond acceptors (Lipinski definition) is 11. The first-order valence-electron chi connectivity index (χ1n) is 15.7. The number of pyridine rings is 2. The molecule has 1 aromatic carbocycles. The zero-order valence-electron chi connectivity index (χ0n) is 26.0. The highest BCUT2D eigenvalue weighted by Crippen LogP contribution is 2.37. The van der Waals surface area contributed by atoms with Crippen LogP contribution in [0, 0.1) is 12.7 Å². The highest BCUT2D eigenvalue weighted by Gasteiger charge is 2.35. The Morgan fingerprint density at radius 3 is 2.91 bits per heavy atom. The summed E-state index contributed by atoms with van der Waals surface area (Å²) in [4.78, 5) is 37.5. The summed E-state index contributed by atoms with van der Waals surface area (Å²) in [6.07, 6.45) is 10.6. The van der Waals surface area contributed by atoms with Gasteiger partial charge >= 0.3 is 0 Å². The molecule has 14 heteroatoms. The zero-order chi connectivity index (χ0) is 32.1. The fraction of sp³-hybridized carbons (Fsp3) is 0.333. The number of amides is 1. The number of fused-ring (bicyclic) bond motifs is 6. The third kappa shape index (κ3) is 5.54. The molecule has 2 saturated heterocycles. The third-order valence-corrected chi connectivity index (χ3v) is 9.09. The average Bonchev–Trinajstić information content (AvgIpc) is 3.69. The van der Waals surface area contributed by atoms with Crippen LogP contribution >= 0.6 is 0 Å². The molecule has 0 spiro atoms. The quantitative estimate of drug-likeness (QED) is 0.271. The summed E-state index contributed by atoms with van der Waals surface area (Å²) in [7, 11) is 2.09. The molecular formula is C33H33FN10O3. The van der Waals surface area contributed by atoms with Crippen LogP contribution in [0.2, 0.25) is 0 Å². The second-order valence-electron chi connectivity index (χ2n) is 12.1. The lowest BCUT2D eigenvalue weighted by Crippen LogP contribution is -2.56. The summed E-state index contributed by atoms with van der Waals surface area (Å²) in [6, 6.07) is 8.49. The molecule has 8 rings (SSSR count). The summed E-state index contributed by atoms with van der Waals surface area (Å²) in [6.45, 7) is 4.99. The van der Waals surface area contributed by atoms with E-state index in [1.165, 1.54) is 18.7 Å². The Balaban J connectivity index is 1.02. The van der Waals surface area contributed by atoms with Crippen LogP contribution in [0.25, 0.3) is 16.7 Å². The number of nitrogens with zero attached hydrogens (tertiary/aromatic N) is 9. The van der Waals surface area contributed by atoms with E-state index in [0.717, 1.165) is 19.4 Å². The van der Waals surface area contributed by atoms with Gasteiger partial charge in [-0.05, 0) is 51.1 Å². The van der Waals surface area contributed by atoms with Gasteiger partial charge in [0.15, 0.2) is 23.0 Å². The van der Waals surface area contributed by atoms with Crippen LogP contribution in [-0.2, 0) is 4.79 Å². The van der Waals surface area contributed by atoms with Crippen LogP contribution in [0.4, 0.5) is 21.7 Å². The first-order valence-corrected chi connectivity index (χ1v) is 15.7. The normalized spacial score (nSPS) is 19.6. The Labute approximate surface area is 269 Å². The summed E-state index contributed by atoms with van der Waals surface area (Å²) in [5.74, 6) is 1.98. The van der Waals surface area contributed by atoms with Crippen molar-refractivity contribution >= 4 is 39.9 Å². The van der Waals surface area contributed by atoms with Gasteiger partial charge in [-0.15, -0.1) is 0 Å². The van der Waals surface area contributed by atoms with Crippen LogP contribution in [0.1, 0.15) is 18.4 Å². The molecule has 2 bridgehead atoms. The zero-order valence-corrected chi connectivity index (χ0v) is 26.0. The largest absolute Gasteiger partial charge is 0.487 e. The maximum absolute atomic E-state index is 15.5. The summed E-state index contributed by atoms with van der Waals surface area (Å²) in [5, 5.41) is 7.20. The number of rotatable bonds is 6. The van der Waals surface area contributed by atoms with Gasteiger partial charge in [0.2, 0.25) is 5.91 Å². The monoisotopic (exact) mass is 636 g/mol. The lowest BCUT2D eigenvalue weighted by atomic mass is 10.1. The standard InChI is InChI=1S/C33H33FN10O3/c1-20-12-25(24(34)14-27(20)47-23-7-9-44-29(13-23)36-19-38-44)39-32-31-26(35-18-37-32)15-28-33(40-31)42-10-11-43(22(16-42)17-46-28)30(45)6-5-21-4-3-8-41(21)2/h5-7,9,12-15,18-19,21-22H,3-4,8,10-11,16-17H2,1-2H3,(H,35,37,39)/b6-5+. The van der Waals surface area contributed by atoms with E-state index in [4.69, 9.17) is 14.5 Å². The Bertz CT molecular complexity index is 2030. The lowest BCUT2D eigenvalue weighted by molar-refractivity contribution is -0.129. The smallest absolute Gasteiger partial charge is 0.246 e. The molecule has 47 heavy (non-hydrogen) atoms. The number of carbonyl (C=O) groups is 1. The van der Waals surface area contributed by atoms with E-state index in [2.05, 4.69) is 42.2 Å². The molecule has 2 fully saturated rings. The molecule has 1 amide bonds. The number of likely N-dealkylation sites (tertiary alicyclic amines) is 1. The second kappa shape index (κ2) is 11.8. The van der Waals surface area contributed by atoms with Crippen molar-refractivity contribution in [2.24, 2.45) is 0 Å². The van der Waals surface area contributed by atoms with E-state index in [1.54, 1.807) is 35.0 Å².